The van der Waals surface area contributed by atoms with Crippen LogP contribution in [0.15, 0.2) is 0 Å². The highest BCUT2D eigenvalue weighted by molar-refractivity contribution is 6.23. The van der Waals surface area contributed by atoms with Gasteiger partial charge in [-0.05, 0) is 69.1 Å². The Morgan fingerprint density at radius 1 is 0.778 bits per heavy atom. The van der Waals surface area contributed by atoms with Crippen LogP contribution < -0.4 is 0 Å². The smallest absolute Gasteiger partial charge is 0.0543 e. The fraction of sp³-hybridized carbons (Fsp3) is 1.00. The summed E-state index contributed by atoms with van der Waals surface area (Å²) in [5.74, 6) is 2.13. The molecule has 0 heterocycles. The zero-order valence-electron chi connectivity index (χ0n) is 19.1. The van der Waals surface area contributed by atoms with Crippen molar-refractivity contribution >= 4 is 11.6 Å². The summed E-state index contributed by atoms with van der Waals surface area (Å²) in [6, 6.07) is 0. The van der Waals surface area contributed by atoms with E-state index in [1.165, 1.54) is 44.9 Å². The highest BCUT2D eigenvalue weighted by Gasteiger charge is 2.41. The van der Waals surface area contributed by atoms with Crippen molar-refractivity contribution in [1.29, 1.82) is 0 Å². The van der Waals surface area contributed by atoms with Crippen LogP contribution in [0.3, 0.4) is 0 Å². The van der Waals surface area contributed by atoms with Crippen molar-refractivity contribution < 1.29 is 9.47 Å². The maximum Gasteiger partial charge on any atom is 0.0543 e. The van der Waals surface area contributed by atoms with Gasteiger partial charge in [-0.25, -0.2) is 0 Å². The molecule has 27 heavy (non-hydrogen) atoms. The Morgan fingerprint density at radius 2 is 1.26 bits per heavy atom. The van der Waals surface area contributed by atoms with Gasteiger partial charge in [0.05, 0.1) is 13.2 Å². The fourth-order valence-corrected chi connectivity index (χ4v) is 5.17. The first kappa shape index (κ1) is 25.2. The third kappa shape index (κ3) is 9.05. The molecule has 0 amide bonds. The van der Waals surface area contributed by atoms with Crippen molar-refractivity contribution in [2.45, 2.75) is 103 Å². The summed E-state index contributed by atoms with van der Waals surface area (Å²) in [5.41, 5.74) is 0.125. The first-order valence-corrected chi connectivity index (χ1v) is 11.8. The molecular weight excluding hydrogens is 356 g/mol. The van der Waals surface area contributed by atoms with Gasteiger partial charge in [-0.3, -0.25) is 0 Å². The minimum atomic E-state index is -0.0735. The van der Waals surface area contributed by atoms with Gasteiger partial charge < -0.3 is 9.47 Å². The predicted molar refractivity (Wildman–Crippen MR) is 119 cm³/mol. The summed E-state index contributed by atoms with van der Waals surface area (Å²) in [4.78, 5) is -0.0735. The molecule has 0 aromatic carbocycles. The summed E-state index contributed by atoms with van der Waals surface area (Å²) < 4.78 is 11.5. The van der Waals surface area contributed by atoms with Crippen molar-refractivity contribution in [3.05, 3.63) is 0 Å². The van der Waals surface area contributed by atoms with Crippen LogP contribution >= 0.6 is 11.6 Å². The molecule has 0 atom stereocenters. The Kier molecular flexibility index (Phi) is 11.9. The third-order valence-electron chi connectivity index (χ3n) is 6.75. The van der Waals surface area contributed by atoms with Crippen LogP contribution in [0, 0.1) is 23.2 Å². The van der Waals surface area contributed by atoms with Gasteiger partial charge in [-0.1, -0.05) is 47.0 Å². The highest BCUT2D eigenvalue weighted by atomic mass is 35.5. The minimum Gasteiger partial charge on any atom is -0.384 e. The number of hydrogen-bond acceptors (Lipinski definition) is 2. The molecule has 0 saturated heterocycles. The van der Waals surface area contributed by atoms with E-state index in [0.29, 0.717) is 17.8 Å². The molecule has 1 aliphatic carbocycles. The van der Waals surface area contributed by atoms with Crippen molar-refractivity contribution in [3.8, 4) is 0 Å². The number of hydrogen-bond donors (Lipinski definition) is 0. The topological polar surface area (TPSA) is 18.5 Å². The lowest BCUT2D eigenvalue weighted by Crippen LogP contribution is -2.42. The second-order valence-corrected chi connectivity index (χ2v) is 10.9. The van der Waals surface area contributed by atoms with Crippen LogP contribution in [0.5, 0.6) is 0 Å². The fourth-order valence-electron chi connectivity index (χ4n) is 4.86. The van der Waals surface area contributed by atoms with Crippen LogP contribution in [-0.2, 0) is 9.47 Å². The van der Waals surface area contributed by atoms with Gasteiger partial charge in [0.2, 0.25) is 0 Å². The van der Waals surface area contributed by atoms with Crippen molar-refractivity contribution in [2.24, 2.45) is 23.2 Å². The number of rotatable bonds is 14. The van der Waals surface area contributed by atoms with Crippen molar-refractivity contribution in [3.63, 3.8) is 0 Å². The molecule has 162 valence electrons. The molecule has 1 fully saturated rings. The third-order valence-corrected chi connectivity index (χ3v) is 7.31. The van der Waals surface area contributed by atoms with E-state index < -0.39 is 0 Å². The van der Waals surface area contributed by atoms with Crippen LogP contribution in [0.25, 0.3) is 0 Å². The average molecular weight is 403 g/mol. The Bertz CT molecular complexity index is 357. The van der Waals surface area contributed by atoms with E-state index in [1.54, 1.807) is 0 Å². The highest BCUT2D eigenvalue weighted by Crippen LogP contribution is 2.46. The molecular formula is C24H47ClO2. The molecule has 1 aliphatic rings. The molecule has 0 aliphatic heterocycles. The van der Waals surface area contributed by atoms with Gasteiger partial charge in [0.25, 0.3) is 0 Å². The largest absolute Gasteiger partial charge is 0.384 e. The maximum atomic E-state index is 7.29. The zero-order valence-corrected chi connectivity index (χ0v) is 19.9. The lowest BCUT2D eigenvalue weighted by Gasteiger charge is -2.44. The Labute approximate surface area is 175 Å². The first-order valence-electron chi connectivity index (χ1n) is 11.4. The summed E-state index contributed by atoms with van der Waals surface area (Å²) in [6.45, 7) is 10.8. The molecule has 2 nitrogen and oxygen atoms in total. The van der Waals surface area contributed by atoms with Crippen LogP contribution in [0.4, 0.5) is 0 Å². The Balaban J connectivity index is 2.89. The molecule has 0 spiro atoms. The van der Waals surface area contributed by atoms with Gasteiger partial charge in [0.15, 0.2) is 0 Å². The molecule has 0 bridgehead atoms. The first-order chi connectivity index (χ1) is 12.8. The summed E-state index contributed by atoms with van der Waals surface area (Å²) in [7, 11) is 3.69. The van der Waals surface area contributed by atoms with E-state index >= 15 is 0 Å². The van der Waals surface area contributed by atoms with E-state index in [-0.39, 0.29) is 10.3 Å². The predicted octanol–water partition coefficient (Wildman–Crippen LogP) is 7.48. The zero-order chi connectivity index (χ0) is 20.3. The van der Waals surface area contributed by atoms with E-state index in [9.17, 15) is 0 Å². The second-order valence-electron chi connectivity index (χ2n) is 10.1. The molecule has 0 aromatic rings. The Morgan fingerprint density at radius 3 is 1.67 bits per heavy atom. The van der Waals surface area contributed by atoms with E-state index in [4.69, 9.17) is 21.1 Å². The minimum absolute atomic E-state index is 0.0735. The van der Waals surface area contributed by atoms with Gasteiger partial charge in [-0.15, -0.1) is 11.6 Å². The number of methoxy groups -OCH3 is 2. The van der Waals surface area contributed by atoms with Crippen LogP contribution in [0.1, 0.15) is 98.3 Å². The lowest BCUT2D eigenvalue weighted by molar-refractivity contribution is -0.0493. The van der Waals surface area contributed by atoms with E-state index in [1.807, 2.05) is 14.2 Å². The maximum absolute atomic E-state index is 7.29. The van der Waals surface area contributed by atoms with E-state index in [0.717, 1.165) is 38.9 Å². The molecule has 1 saturated carbocycles. The van der Waals surface area contributed by atoms with Gasteiger partial charge in [0, 0.05) is 24.5 Å². The Hall–Kier alpha value is 0.210. The SMILES string of the molecule is COCC(CCC(Cl)(CCC(C)C)CCC(C)C)(COC)C1CCCCC1. The number of halogens is 1. The molecule has 1 rings (SSSR count). The molecule has 0 radical (unpaired) electrons. The summed E-state index contributed by atoms with van der Waals surface area (Å²) in [6.07, 6.45) is 13.6. The van der Waals surface area contributed by atoms with Crippen molar-refractivity contribution in [2.75, 3.05) is 27.4 Å². The molecule has 3 heteroatoms. The molecule has 0 unspecified atom stereocenters. The summed E-state index contributed by atoms with van der Waals surface area (Å²) in [5, 5.41) is 0. The lowest BCUT2D eigenvalue weighted by atomic mass is 9.66. The molecule has 0 aromatic heterocycles. The van der Waals surface area contributed by atoms with Crippen LogP contribution in [-0.4, -0.2) is 32.3 Å². The second kappa shape index (κ2) is 12.7. The quantitative estimate of drug-likeness (QED) is 0.280. The summed E-state index contributed by atoms with van der Waals surface area (Å²) >= 11 is 7.29. The number of ether oxygens (including phenoxy) is 2. The average Bonchev–Trinajstić information content (AvgIpc) is 2.64. The normalized spacial score (nSPS) is 17.2. The van der Waals surface area contributed by atoms with Gasteiger partial charge in [0.1, 0.15) is 0 Å². The van der Waals surface area contributed by atoms with Crippen molar-refractivity contribution in [1.82, 2.24) is 0 Å². The van der Waals surface area contributed by atoms with Gasteiger partial charge in [-0.2, -0.15) is 0 Å². The molecule has 0 N–H and O–H groups in total. The van der Waals surface area contributed by atoms with E-state index in [2.05, 4.69) is 27.7 Å². The monoisotopic (exact) mass is 402 g/mol. The van der Waals surface area contributed by atoms with Crippen LogP contribution in [0.2, 0.25) is 0 Å². The standard InChI is InChI=1S/C24H47ClO2/c1-20(2)12-14-24(25,15-13-21(3)4)17-16-23(18-26-5,19-27-6)22-10-8-7-9-11-22/h20-22H,7-19H2,1-6H3. The van der Waals surface area contributed by atoms with Gasteiger partial charge >= 0.3 is 0 Å². The number of alkyl halides is 1.